The summed E-state index contributed by atoms with van der Waals surface area (Å²) in [6, 6.07) is 2.36. The number of carbonyl (C=O) groups is 1. The van der Waals surface area contributed by atoms with Crippen LogP contribution < -0.4 is 14.6 Å². The largest absolute Gasteiger partial charge is 0.486 e. The van der Waals surface area contributed by atoms with Crippen LogP contribution in [0.25, 0.3) is 0 Å². The molecular weight excluding hydrogens is 286 g/mol. The molecule has 1 aliphatic heterocycles. The van der Waals surface area contributed by atoms with Crippen LogP contribution in [0.1, 0.15) is 24.2 Å². The monoisotopic (exact) mass is 301 g/mol. The van der Waals surface area contributed by atoms with Crippen molar-refractivity contribution in [2.75, 3.05) is 13.2 Å². The molecule has 1 aromatic carbocycles. The van der Waals surface area contributed by atoms with Crippen molar-refractivity contribution in [2.45, 2.75) is 24.8 Å². The van der Waals surface area contributed by atoms with Crippen LogP contribution in [0.4, 0.5) is 0 Å². The Bertz CT molecular complexity index is 638. The number of ether oxygens (including phenoxy) is 3. The van der Waals surface area contributed by atoms with Crippen LogP contribution >= 0.6 is 0 Å². The van der Waals surface area contributed by atoms with E-state index in [9.17, 15) is 13.2 Å². The Labute approximate surface area is 116 Å². The van der Waals surface area contributed by atoms with Crippen LogP contribution in [-0.4, -0.2) is 33.7 Å². The highest BCUT2D eigenvalue weighted by Crippen LogP contribution is 2.36. The summed E-state index contributed by atoms with van der Waals surface area (Å²) in [7, 11) is -3.96. The molecule has 2 N–H and O–H groups in total. The molecule has 2 rings (SSSR count). The molecule has 1 aliphatic rings. The van der Waals surface area contributed by atoms with Gasteiger partial charge in [-0.25, -0.2) is 18.4 Å². The maximum absolute atomic E-state index is 12.0. The lowest BCUT2D eigenvalue weighted by molar-refractivity contribution is 0.0368. The third kappa shape index (κ3) is 3.02. The Morgan fingerprint density at radius 2 is 1.95 bits per heavy atom. The quantitative estimate of drug-likeness (QED) is 0.823. The molecule has 0 radical (unpaired) electrons. The van der Waals surface area contributed by atoms with E-state index in [1.54, 1.807) is 13.8 Å². The predicted molar refractivity (Wildman–Crippen MR) is 69.4 cm³/mol. The Kier molecular flexibility index (Phi) is 3.87. The van der Waals surface area contributed by atoms with Gasteiger partial charge >= 0.3 is 5.97 Å². The smallest absolute Gasteiger partial charge is 0.342 e. The number of fused-ring (bicyclic) bond motifs is 1. The molecule has 8 heteroatoms. The Morgan fingerprint density at radius 1 is 1.30 bits per heavy atom. The highest BCUT2D eigenvalue weighted by Gasteiger charge is 2.26. The van der Waals surface area contributed by atoms with Crippen LogP contribution in [0, 0.1) is 0 Å². The van der Waals surface area contributed by atoms with E-state index in [2.05, 4.69) is 0 Å². The molecule has 0 unspecified atom stereocenters. The molecule has 0 saturated heterocycles. The first-order valence-electron chi connectivity index (χ1n) is 5.96. The van der Waals surface area contributed by atoms with E-state index < -0.39 is 16.0 Å². The van der Waals surface area contributed by atoms with E-state index in [4.69, 9.17) is 19.3 Å². The molecule has 7 nitrogen and oxygen atoms in total. The standard InChI is InChI=1S/C12H15NO6S/c1-7(2)19-12(14)9-5-8(20(13,15)16)6-10-11(9)18-4-3-17-10/h5-7H,3-4H2,1-2H3,(H2,13,15,16). The van der Waals surface area contributed by atoms with E-state index in [-0.39, 0.29) is 41.3 Å². The normalized spacial score (nSPS) is 14.2. The van der Waals surface area contributed by atoms with Crippen molar-refractivity contribution in [1.82, 2.24) is 0 Å². The van der Waals surface area contributed by atoms with Crippen LogP contribution in [-0.2, 0) is 14.8 Å². The molecule has 0 atom stereocenters. The van der Waals surface area contributed by atoms with Crippen molar-refractivity contribution >= 4 is 16.0 Å². The maximum atomic E-state index is 12.0. The van der Waals surface area contributed by atoms with Gasteiger partial charge in [0.15, 0.2) is 11.5 Å². The first-order valence-corrected chi connectivity index (χ1v) is 7.51. The summed E-state index contributed by atoms with van der Waals surface area (Å²) < 4.78 is 38.6. The zero-order valence-corrected chi connectivity index (χ0v) is 11.9. The Morgan fingerprint density at radius 3 is 2.55 bits per heavy atom. The Balaban J connectivity index is 2.56. The van der Waals surface area contributed by atoms with E-state index in [1.807, 2.05) is 0 Å². The van der Waals surface area contributed by atoms with Crippen LogP contribution in [0.3, 0.4) is 0 Å². The summed E-state index contributed by atoms with van der Waals surface area (Å²) >= 11 is 0. The van der Waals surface area contributed by atoms with Gasteiger partial charge in [-0.1, -0.05) is 0 Å². The lowest BCUT2D eigenvalue weighted by Gasteiger charge is -2.21. The first-order chi connectivity index (χ1) is 9.29. The van der Waals surface area contributed by atoms with Gasteiger partial charge in [-0.3, -0.25) is 0 Å². The van der Waals surface area contributed by atoms with E-state index >= 15 is 0 Å². The molecule has 0 spiro atoms. The van der Waals surface area contributed by atoms with Gasteiger partial charge < -0.3 is 14.2 Å². The molecular formula is C12H15NO6S. The maximum Gasteiger partial charge on any atom is 0.342 e. The molecule has 1 aromatic rings. The van der Waals surface area contributed by atoms with Crippen molar-refractivity contribution < 1.29 is 27.4 Å². The number of nitrogens with two attached hydrogens (primary N) is 1. The second kappa shape index (κ2) is 5.29. The highest BCUT2D eigenvalue weighted by atomic mass is 32.2. The zero-order chi connectivity index (χ0) is 14.9. The minimum atomic E-state index is -3.96. The average Bonchev–Trinajstić information content (AvgIpc) is 2.35. The summed E-state index contributed by atoms with van der Waals surface area (Å²) in [6.07, 6.45) is -0.346. The number of carbonyl (C=O) groups excluding carboxylic acids is 1. The van der Waals surface area contributed by atoms with E-state index in [0.29, 0.717) is 0 Å². The van der Waals surface area contributed by atoms with Gasteiger partial charge in [0.25, 0.3) is 0 Å². The zero-order valence-electron chi connectivity index (χ0n) is 11.1. The van der Waals surface area contributed by atoms with Crippen LogP contribution in [0.2, 0.25) is 0 Å². The molecule has 0 fully saturated rings. The molecule has 20 heavy (non-hydrogen) atoms. The first kappa shape index (κ1) is 14.6. The lowest BCUT2D eigenvalue weighted by atomic mass is 10.1. The molecule has 110 valence electrons. The SMILES string of the molecule is CC(C)OC(=O)c1cc(S(N)(=O)=O)cc2c1OCCO2. The number of rotatable bonds is 3. The van der Waals surface area contributed by atoms with Crippen molar-refractivity contribution in [3.8, 4) is 11.5 Å². The summed E-state index contributed by atoms with van der Waals surface area (Å²) in [5, 5.41) is 5.08. The topological polar surface area (TPSA) is 105 Å². The second-order valence-corrected chi connectivity index (χ2v) is 6.06. The van der Waals surface area contributed by atoms with Crippen molar-refractivity contribution in [2.24, 2.45) is 5.14 Å². The van der Waals surface area contributed by atoms with Crippen LogP contribution in [0.5, 0.6) is 11.5 Å². The van der Waals surface area contributed by atoms with Crippen molar-refractivity contribution in [1.29, 1.82) is 0 Å². The second-order valence-electron chi connectivity index (χ2n) is 4.49. The molecule has 1 heterocycles. The number of hydrogen-bond acceptors (Lipinski definition) is 6. The van der Waals surface area contributed by atoms with Crippen molar-refractivity contribution in [3.63, 3.8) is 0 Å². The third-order valence-corrected chi connectivity index (χ3v) is 3.40. The fourth-order valence-corrected chi connectivity index (χ4v) is 2.28. The predicted octanol–water partition coefficient (Wildman–Crippen LogP) is 0.670. The van der Waals surface area contributed by atoms with E-state index in [1.165, 1.54) is 6.07 Å². The third-order valence-electron chi connectivity index (χ3n) is 2.51. The summed E-state index contributed by atoms with van der Waals surface area (Å²) in [5.41, 5.74) is -0.0140. The van der Waals surface area contributed by atoms with Crippen molar-refractivity contribution in [3.05, 3.63) is 17.7 Å². The minimum Gasteiger partial charge on any atom is -0.486 e. The average molecular weight is 301 g/mol. The van der Waals surface area contributed by atoms with Gasteiger partial charge in [-0.15, -0.1) is 0 Å². The molecule has 0 aromatic heterocycles. The molecule has 0 aliphatic carbocycles. The fraction of sp³-hybridized carbons (Fsp3) is 0.417. The van der Waals surface area contributed by atoms with Gasteiger partial charge in [0.05, 0.1) is 11.0 Å². The van der Waals surface area contributed by atoms with Gasteiger partial charge in [0, 0.05) is 6.07 Å². The number of esters is 1. The van der Waals surface area contributed by atoms with Gasteiger partial charge in [0.2, 0.25) is 10.0 Å². The number of benzene rings is 1. The highest BCUT2D eigenvalue weighted by molar-refractivity contribution is 7.89. The van der Waals surface area contributed by atoms with Gasteiger partial charge in [-0.05, 0) is 19.9 Å². The van der Waals surface area contributed by atoms with Gasteiger partial charge in [0.1, 0.15) is 18.8 Å². The summed E-state index contributed by atoms with van der Waals surface area (Å²) in [4.78, 5) is 11.8. The van der Waals surface area contributed by atoms with Gasteiger partial charge in [-0.2, -0.15) is 0 Å². The Hall–Kier alpha value is -1.80. The summed E-state index contributed by atoms with van der Waals surface area (Å²) in [6.45, 7) is 3.90. The number of primary sulfonamides is 1. The molecule has 0 saturated carbocycles. The minimum absolute atomic E-state index is 0.0140. The van der Waals surface area contributed by atoms with E-state index in [0.717, 1.165) is 6.07 Å². The number of hydrogen-bond donors (Lipinski definition) is 1. The number of sulfonamides is 1. The lowest BCUT2D eigenvalue weighted by Crippen LogP contribution is -2.21. The van der Waals surface area contributed by atoms with Crippen LogP contribution in [0.15, 0.2) is 17.0 Å². The molecule has 0 bridgehead atoms. The fourth-order valence-electron chi connectivity index (χ4n) is 1.72. The molecule has 0 amide bonds. The summed E-state index contributed by atoms with van der Waals surface area (Å²) in [5.74, 6) is -0.347.